The summed E-state index contributed by atoms with van der Waals surface area (Å²) < 4.78 is 1.77. The second-order valence-electron chi connectivity index (χ2n) is 5.23. The van der Waals surface area contributed by atoms with E-state index in [2.05, 4.69) is 15.1 Å². The molecule has 1 atom stereocenters. The van der Waals surface area contributed by atoms with Crippen molar-refractivity contribution in [1.82, 2.24) is 24.6 Å². The van der Waals surface area contributed by atoms with Gasteiger partial charge in [-0.2, -0.15) is 5.10 Å². The zero-order valence-corrected chi connectivity index (χ0v) is 12.7. The second kappa shape index (κ2) is 6.80. The first-order valence-electron chi connectivity index (χ1n) is 7.36. The predicted molar refractivity (Wildman–Crippen MR) is 79.7 cm³/mol. The van der Waals surface area contributed by atoms with Crippen molar-refractivity contribution in [3.05, 3.63) is 29.2 Å². The summed E-state index contributed by atoms with van der Waals surface area (Å²) in [5, 5.41) is 7.11. The molecule has 21 heavy (non-hydrogen) atoms. The number of carbonyl (C=O) groups excluding carboxylic acids is 1. The van der Waals surface area contributed by atoms with Crippen LogP contribution in [0, 0.1) is 0 Å². The Labute approximate surface area is 127 Å². The molecule has 1 fully saturated rings. The molecular formula is C14H19N5OS. The van der Waals surface area contributed by atoms with Crippen LogP contribution in [-0.4, -0.2) is 37.1 Å². The van der Waals surface area contributed by atoms with E-state index in [4.69, 9.17) is 0 Å². The Morgan fingerprint density at radius 3 is 3.14 bits per heavy atom. The van der Waals surface area contributed by atoms with Gasteiger partial charge in [-0.25, -0.2) is 9.97 Å². The number of piperidine rings is 1. The quantitative estimate of drug-likeness (QED) is 0.850. The van der Waals surface area contributed by atoms with Crippen LogP contribution in [0.5, 0.6) is 0 Å². The molecule has 3 rings (SSSR count). The fourth-order valence-corrected chi connectivity index (χ4v) is 3.55. The van der Waals surface area contributed by atoms with Crippen LogP contribution in [-0.2, 0) is 11.3 Å². The molecule has 0 aromatic carbocycles. The summed E-state index contributed by atoms with van der Waals surface area (Å²) in [7, 11) is 0. The average Bonchev–Trinajstić information content (AvgIpc) is 3.20. The van der Waals surface area contributed by atoms with Gasteiger partial charge in [-0.1, -0.05) is 0 Å². The molecule has 0 aliphatic carbocycles. The molecule has 0 bridgehead atoms. The molecule has 1 saturated heterocycles. The van der Waals surface area contributed by atoms with Crippen LogP contribution >= 0.6 is 11.3 Å². The molecular weight excluding hydrogens is 286 g/mol. The van der Waals surface area contributed by atoms with Crippen molar-refractivity contribution in [3.63, 3.8) is 0 Å². The Morgan fingerprint density at radius 1 is 1.43 bits per heavy atom. The molecule has 2 aromatic rings. The lowest BCUT2D eigenvalue weighted by Crippen LogP contribution is -2.38. The fourth-order valence-electron chi connectivity index (χ4n) is 2.77. The molecule has 2 aromatic heterocycles. The van der Waals surface area contributed by atoms with Gasteiger partial charge in [0.2, 0.25) is 5.91 Å². The maximum atomic E-state index is 12.5. The van der Waals surface area contributed by atoms with Crippen molar-refractivity contribution in [1.29, 1.82) is 0 Å². The topological polar surface area (TPSA) is 63.9 Å². The highest BCUT2D eigenvalue weighted by atomic mass is 32.1. The summed E-state index contributed by atoms with van der Waals surface area (Å²) in [5.41, 5.74) is 0. The van der Waals surface area contributed by atoms with Gasteiger partial charge in [0, 0.05) is 31.1 Å². The third-order valence-electron chi connectivity index (χ3n) is 3.80. The minimum Gasteiger partial charge on any atom is -0.333 e. The van der Waals surface area contributed by atoms with E-state index < -0.39 is 0 Å². The van der Waals surface area contributed by atoms with E-state index in [1.54, 1.807) is 22.3 Å². The highest BCUT2D eigenvalue weighted by Crippen LogP contribution is 2.32. The van der Waals surface area contributed by atoms with Gasteiger partial charge >= 0.3 is 0 Å². The number of aryl methyl sites for hydroxylation is 1. The first-order valence-corrected chi connectivity index (χ1v) is 8.24. The molecule has 1 aliphatic rings. The van der Waals surface area contributed by atoms with Gasteiger partial charge in [-0.05, 0) is 25.7 Å². The van der Waals surface area contributed by atoms with Crippen molar-refractivity contribution in [3.8, 4) is 0 Å². The van der Waals surface area contributed by atoms with Gasteiger partial charge in [0.05, 0.1) is 6.04 Å². The number of likely N-dealkylation sites (tertiary alicyclic amines) is 1. The minimum absolute atomic E-state index is 0.178. The zero-order chi connectivity index (χ0) is 14.5. The molecule has 0 unspecified atom stereocenters. The standard InChI is InChI=1S/C14H19N5OS/c20-13(5-3-7-18-11-15-10-17-18)19-8-2-1-4-12(19)14-16-6-9-21-14/h6,9-12H,1-5,7-8H2/t12-/m1/s1. The van der Waals surface area contributed by atoms with Gasteiger partial charge in [-0.3, -0.25) is 9.48 Å². The summed E-state index contributed by atoms with van der Waals surface area (Å²) in [6.45, 7) is 1.59. The Hall–Kier alpha value is -1.76. The van der Waals surface area contributed by atoms with Crippen molar-refractivity contribution < 1.29 is 4.79 Å². The number of amides is 1. The Morgan fingerprint density at radius 2 is 2.38 bits per heavy atom. The predicted octanol–water partition coefficient (Wildman–Crippen LogP) is 2.27. The Balaban J connectivity index is 1.56. The third-order valence-corrected chi connectivity index (χ3v) is 4.68. The molecule has 0 spiro atoms. The minimum atomic E-state index is 0.178. The molecule has 0 N–H and O–H groups in total. The molecule has 1 amide bonds. The highest BCUT2D eigenvalue weighted by Gasteiger charge is 2.29. The molecule has 1 aliphatic heterocycles. The molecule has 0 radical (unpaired) electrons. The monoisotopic (exact) mass is 305 g/mol. The average molecular weight is 305 g/mol. The van der Waals surface area contributed by atoms with E-state index in [1.165, 1.54) is 12.7 Å². The van der Waals surface area contributed by atoms with Crippen LogP contribution < -0.4 is 0 Å². The lowest BCUT2D eigenvalue weighted by Gasteiger charge is -2.34. The van der Waals surface area contributed by atoms with Crippen LogP contribution in [0.4, 0.5) is 0 Å². The molecule has 6 nitrogen and oxygen atoms in total. The van der Waals surface area contributed by atoms with E-state index in [-0.39, 0.29) is 11.9 Å². The highest BCUT2D eigenvalue weighted by molar-refractivity contribution is 7.09. The number of carbonyl (C=O) groups is 1. The van der Waals surface area contributed by atoms with Crippen molar-refractivity contribution in [2.45, 2.75) is 44.7 Å². The number of hydrogen-bond donors (Lipinski definition) is 0. The summed E-state index contributed by atoms with van der Waals surface area (Å²) in [5.74, 6) is 0.231. The maximum absolute atomic E-state index is 12.5. The smallest absolute Gasteiger partial charge is 0.223 e. The number of nitrogens with zero attached hydrogens (tertiary/aromatic N) is 5. The van der Waals surface area contributed by atoms with Crippen molar-refractivity contribution >= 4 is 17.2 Å². The van der Waals surface area contributed by atoms with Crippen molar-refractivity contribution in [2.24, 2.45) is 0 Å². The van der Waals surface area contributed by atoms with Crippen LogP contribution in [0.1, 0.15) is 43.2 Å². The normalized spacial score (nSPS) is 18.9. The largest absolute Gasteiger partial charge is 0.333 e. The van der Waals surface area contributed by atoms with E-state index in [9.17, 15) is 4.79 Å². The van der Waals surface area contributed by atoms with E-state index in [0.717, 1.165) is 37.4 Å². The van der Waals surface area contributed by atoms with Crippen molar-refractivity contribution in [2.75, 3.05) is 6.54 Å². The van der Waals surface area contributed by atoms with Crippen LogP contribution in [0.25, 0.3) is 0 Å². The summed E-state index contributed by atoms with van der Waals surface area (Å²) >= 11 is 1.65. The number of aromatic nitrogens is 4. The molecule has 3 heterocycles. The number of rotatable bonds is 5. The lowest BCUT2D eigenvalue weighted by molar-refractivity contribution is -0.135. The first kappa shape index (κ1) is 14.2. The molecule has 0 saturated carbocycles. The van der Waals surface area contributed by atoms with Crippen LogP contribution in [0.2, 0.25) is 0 Å². The first-order chi connectivity index (χ1) is 10.3. The summed E-state index contributed by atoms with van der Waals surface area (Å²) in [4.78, 5) is 22.8. The Bertz CT molecular complexity index is 554. The lowest BCUT2D eigenvalue weighted by atomic mass is 10.0. The molecule has 112 valence electrons. The Kier molecular flexibility index (Phi) is 4.59. The number of hydrogen-bond acceptors (Lipinski definition) is 5. The van der Waals surface area contributed by atoms with Gasteiger partial charge in [0.1, 0.15) is 17.7 Å². The van der Waals surface area contributed by atoms with E-state index >= 15 is 0 Å². The summed E-state index contributed by atoms with van der Waals surface area (Å²) in [6.07, 6.45) is 9.67. The van der Waals surface area contributed by atoms with Crippen LogP contribution in [0.3, 0.4) is 0 Å². The van der Waals surface area contributed by atoms with E-state index in [0.29, 0.717) is 6.42 Å². The second-order valence-corrected chi connectivity index (χ2v) is 6.16. The van der Waals surface area contributed by atoms with E-state index in [1.807, 2.05) is 16.5 Å². The van der Waals surface area contributed by atoms with Gasteiger partial charge in [0.15, 0.2) is 0 Å². The maximum Gasteiger partial charge on any atom is 0.223 e. The molecule has 7 heteroatoms. The van der Waals surface area contributed by atoms with Gasteiger partial charge in [-0.15, -0.1) is 11.3 Å². The summed E-state index contributed by atoms with van der Waals surface area (Å²) in [6, 6.07) is 0.178. The number of thiazole rings is 1. The van der Waals surface area contributed by atoms with Gasteiger partial charge in [0.25, 0.3) is 0 Å². The zero-order valence-electron chi connectivity index (χ0n) is 11.9. The third kappa shape index (κ3) is 3.47. The van der Waals surface area contributed by atoms with Crippen LogP contribution in [0.15, 0.2) is 24.2 Å². The van der Waals surface area contributed by atoms with Gasteiger partial charge < -0.3 is 4.90 Å². The fraction of sp³-hybridized carbons (Fsp3) is 0.571. The SMILES string of the molecule is O=C(CCCn1cncn1)N1CCCC[C@@H]1c1nccs1.